The summed E-state index contributed by atoms with van der Waals surface area (Å²) in [5, 5.41) is 0. The van der Waals surface area contributed by atoms with Gasteiger partial charge in [-0.25, -0.2) is 0 Å². The van der Waals surface area contributed by atoms with Gasteiger partial charge in [-0.15, -0.1) is 0 Å². The molecule has 5 nitrogen and oxygen atoms in total. The summed E-state index contributed by atoms with van der Waals surface area (Å²) < 4.78 is 0. The van der Waals surface area contributed by atoms with Crippen molar-refractivity contribution in [2.75, 3.05) is 18.5 Å². The maximum Gasteiger partial charge on any atom is 0.228 e. The number of rotatable bonds is 7. The Balaban J connectivity index is 1.61. The second-order valence-electron chi connectivity index (χ2n) is 7.23. The largest absolute Gasteiger partial charge is 0.341 e. The third-order valence-electron chi connectivity index (χ3n) is 5.09. The molecule has 1 aromatic heterocycles. The van der Waals surface area contributed by atoms with Crippen molar-refractivity contribution >= 4 is 17.5 Å². The Bertz CT molecular complexity index is 774. The number of hydrogen-bond donors (Lipinski definition) is 0. The van der Waals surface area contributed by atoms with Crippen LogP contribution >= 0.6 is 0 Å². The van der Waals surface area contributed by atoms with E-state index in [9.17, 15) is 9.59 Å². The zero-order chi connectivity index (χ0) is 19.2. The van der Waals surface area contributed by atoms with E-state index in [4.69, 9.17) is 0 Å². The van der Waals surface area contributed by atoms with E-state index in [0.29, 0.717) is 13.1 Å². The lowest BCUT2D eigenvalue weighted by Gasteiger charge is -2.21. The highest BCUT2D eigenvalue weighted by atomic mass is 16.2. The minimum absolute atomic E-state index is 0.0160. The third kappa shape index (κ3) is 4.73. The summed E-state index contributed by atoms with van der Waals surface area (Å²) in [4.78, 5) is 32.7. The van der Waals surface area contributed by atoms with Crippen LogP contribution in [0.3, 0.4) is 0 Å². The molecule has 0 spiro atoms. The van der Waals surface area contributed by atoms with Gasteiger partial charge in [0.2, 0.25) is 11.8 Å². The smallest absolute Gasteiger partial charge is 0.228 e. The molecule has 1 unspecified atom stereocenters. The van der Waals surface area contributed by atoms with Crippen molar-refractivity contribution in [3.63, 3.8) is 0 Å². The molecule has 1 aromatic carbocycles. The predicted octanol–water partition coefficient (Wildman–Crippen LogP) is 3.44. The standard InChI is InChI=1S/C22H27N3O2/c1-3-4-5-17-6-8-20(9-7-17)25-16-19(14-21(25)26)22(27)24(2)15-18-10-12-23-13-11-18/h6-13,19H,3-5,14-16H2,1-2H3. The molecular formula is C22H27N3O2. The van der Waals surface area contributed by atoms with Gasteiger partial charge in [-0.3, -0.25) is 14.6 Å². The summed E-state index contributed by atoms with van der Waals surface area (Å²) in [6, 6.07) is 12.0. The third-order valence-corrected chi connectivity index (χ3v) is 5.09. The molecule has 2 heterocycles. The fourth-order valence-electron chi connectivity index (χ4n) is 3.50. The molecule has 1 aliphatic heterocycles. The SMILES string of the molecule is CCCCc1ccc(N2CC(C(=O)N(C)Cc3ccncc3)CC2=O)cc1. The highest BCUT2D eigenvalue weighted by Gasteiger charge is 2.36. The van der Waals surface area contributed by atoms with Gasteiger partial charge in [-0.05, 0) is 48.2 Å². The highest BCUT2D eigenvalue weighted by Crippen LogP contribution is 2.27. The number of nitrogens with zero attached hydrogens (tertiary/aromatic N) is 3. The van der Waals surface area contributed by atoms with Crippen LogP contribution in [-0.2, 0) is 22.6 Å². The van der Waals surface area contributed by atoms with Crippen molar-refractivity contribution in [3.8, 4) is 0 Å². The van der Waals surface area contributed by atoms with Crippen molar-refractivity contribution in [1.82, 2.24) is 9.88 Å². The fraction of sp³-hybridized carbons (Fsp3) is 0.409. The van der Waals surface area contributed by atoms with Gasteiger partial charge in [0, 0.05) is 44.6 Å². The van der Waals surface area contributed by atoms with E-state index in [0.717, 1.165) is 17.7 Å². The van der Waals surface area contributed by atoms with Gasteiger partial charge in [0.15, 0.2) is 0 Å². The number of amides is 2. The minimum atomic E-state index is -0.288. The van der Waals surface area contributed by atoms with E-state index >= 15 is 0 Å². The summed E-state index contributed by atoms with van der Waals surface area (Å²) in [5.74, 6) is -0.252. The van der Waals surface area contributed by atoms with Gasteiger partial charge >= 0.3 is 0 Å². The molecule has 0 N–H and O–H groups in total. The summed E-state index contributed by atoms with van der Waals surface area (Å²) >= 11 is 0. The van der Waals surface area contributed by atoms with E-state index in [2.05, 4.69) is 24.0 Å². The van der Waals surface area contributed by atoms with Crippen LogP contribution in [-0.4, -0.2) is 35.3 Å². The molecular weight excluding hydrogens is 338 g/mol. The molecule has 0 aliphatic carbocycles. The van der Waals surface area contributed by atoms with E-state index in [1.165, 1.54) is 18.4 Å². The van der Waals surface area contributed by atoms with E-state index in [1.807, 2.05) is 24.3 Å². The van der Waals surface area contributed by atoms with Crippen molar-refractivity contribution in [2.24, 2.45) is 5.92 Å². The molecule has 0 radical (unpaired) electrons. The number of aromatic nitrogens is 1. The molecule has 1 atom stereocenters. The lowest BCUT2D eigenvalue weighted by atomic mass is 10.1. The first-order chi connectivity index (χ1) is 13.1. The van der Waals surface area contributed by atoms with Gasteiger partial charge in [0.05, 0.1) is 5.92 Å². The molecule has 3 rings (SSSR count). The van der Waals surface area contributed by atoms with Crippen LogP contribution in [0.4, 0.5) is 5.69 Å². The number of unbranched alkanes of at least 4 members (excludes halogenated alkanes) is 1. The lowest BCUT2D eigenvalue weighted by molar-refractivity contribution is -0.135. The van der Waals surface area contributed by atoms with Crippen LogP contribution in [0, 0.1) is 5.92 Å². The lowest BCUT2D eigenvalue weighted by Crippen LogP contribution is -2.34. The summed E-state index contributed by atoms with van der Waals surface area (Å²) in [7, 11) is 1.79. The first kappa shape index (κ1) is 19.1. The second kappa shape index (κ2) is 8.80. The van der Waals surface area contributed by atoms with Gasteiger partial charge in [0.25, 0.3) is 0 Å². The van der Waals surface area contributed by atoms with Crippen molar-refractivity contribution in [2.45, 2.75) is 39.2 Å². The van der Waals surface area contributed by atoms with Gasteiger partial charge < -0.3 is 9.80 Å². The second-order valence-corrected chi connectivity index (χ2v) is 7.23. The number of anilines is 1. The average molecular weight is 365 g/mol. The summed E-state index contributed by atoms with van der Waals surface area (Å²) in [5.41, 5.74) is 3.20. The van der Waals surface area contributed by atoms with E-state index in [-0.39, 0.29) is 24.2 Å². The van der Waals surface area contributed by atoms with Crippen LogP contribution in [0.5, 0.6) is 0 Å². The maximum atomic E-state index is 12.8. The monoisotopic (exact) mass is 365 g/mol. The fourth-order valence-corrected chi connectivity index (χ4v) is 3.50. The number of carbonyl (C=O) groups is 2. The minimum Gasteiger partial charge on any atom is -0.341 e. The molecule has 0 saturated carbocycles. The van der Waals surface area contributed by atoms with E-state index in [1.54, 1.807) is 29.2 Å². The van der Waals surface area contributed by atoms with Crippen LogP contribution in [0.15, 0.2) is 48.8 Å². The van der Waals surface area contributed by atoms with Crippen LogP contribution in [0.2, 0.25) is 0 Å². The molecule has 0 bridgehead atoms. The predicted molar refractivity (Wildman–Crippen MR) is 106 cm³/mol. The number of pyridine rings is 1. The first-order valence-corrected chi connectivity index (χ1v) is 9.61. The van der Waals surface area contributed by atoms with Crippen molar-refractivity contribution in [1.29, 1.82) is 0 Å². The molecule has 1 fully saturated rings. The Hall–Kier alpha value is -2.69. The normalized spacial score (nSPS) is 16.6. The first-order valence-electron chi connectivity index (χ1n) is 9.61. The number of carbonyl (C=O) groups excluding carboxylic acids is 2. The summed E-state index contributed by atoms with van der Waals surface area (Å²) in [6.07, 6.45) is 7.12. The van der Waals surface area contributed by atoms with Gasteiger partial charge in [-0.1, -0.05) is 25.5 Å². The Morgan fingerprint density at radius 2 is 1.85 bits per heavy atom. The Labute approximate surface area is 161 Å². The molecule has 2 amide bonds. The molecule has 27 heavy (non-hydrogen) atoms. The quantitative estimate of drug-likeness (QED) is 0.755. The van der Waals surface area contributed by atoms with Crippen molar-refractivity contribution in [3.05, 3.63) is 59.9 Å². The van der Waals surface area contributed by atoms with Crippen molar-refractivity contribution < 1.29 is 9.59 Å². The molecule has 5 heteroatoms. The number of aryl methyl sites for hydroxylation is 1. The maximum absolute atomic E-state index is 12.8. The van der Waals surface area contributed by atoms with E-state index < -0.39 is 0 Å². The van der Waals surface area contributed by atoms with Crippen LogP contribution < -0.4 is 4.90 Å². The average Bonchev–Trinajstić information content (AvgIpc) is 3.08. The Morgan fingerprint density at radius 3 is 2.52 bits per heavy atom. The topological polar surface area (TPSA) is 53.5 Å². The Morgan fingerprint density at radius 1 is 1.15 bits per heavy atom. The highest BCUT2D eigenvalue weighted by molar-refractivity contribution is 6.00. The van der Waals surface area contributed by atoms with Crippen LogP contribution in [0.25, 0.3) is 0 Å². The molecule has 1 aliphatic rings. The number of benzene rings is 1. The van der Waals surface area contributed by atoms with Gasteiger partial charge in [0.1, 0.15) is 0 Å². The number of hydrogen-bond acceptors (Lipinski definition) is 3. The zero-order valence-electron chi connectivity index (χ0n) is 16.1. The Kier molecular flexibility index (Phi) is 6.22. The van der Waals surface area contributed by atoms with Gasteiger partial charge in [-0.2, -0.15) is 0 Å². The summed E-state index contributed by atoms with van der Waals surface area (Å²) in [6.45, 7) is 3.16. The van der Waals surface area contributed by atoms with Crippen LogP contribution in [0.1, 0.15) is 37.3 Å². The molecule has 142 valence electrons. The zero-order valence-corrected chi connectivity index (χ0v) is 16.1. The molecule has 2 aromatic rings. The molecule has 1 saturated heterocycles.